The highest BCUT2D eigenvalue weighted by atomic mass is 16.6. The molecule has 0 heterocycles. The van der Waals surface area contributed by atoms with Gasteiger partial charge in [-0.15, -0.1) is 13.2 Å². The molecular formula is C42H49N3O7. The van der Waals surface area contributed by atoms with Gasteiger partial charge >= 0.3 is 12.1 Å². The van der Waals surface area contributed by atoms with Crippen molar-refractivity contribution in [3.63, 3.8) is 0 Å². The molecule has 274 valence electrons. The Morgan fingerprint density at radius 3 is 2.10 bits per heavy atom. The van der Waals surface area contributed by atoms with Crippen LogP contribution in [0.4, 0.5) is 4.79 Å². The van der Waals surface area contributed by atoms with Gasteiger partial charge in [0.2, 0.25) is 11.8 Å². The molecule has 5 rings (SSSR count). The Kier molecular flexibility index (Phi) is 13.4. The van der Waals surface area contributed by atoms with Crippen molar-refractivity contribution in [1.82, 2.24) is 16.0 Å². The maximum absolute atomic E-state index is 13.6. The zero-order chi connectivity index (χ0) is 36.9. The van der Waals surface area contributed by atoms with Crippen LogP contribution in [-0.2, 0) is 23.9 Å². The average molecular weight is 708 g/mol. The fourth-order valence-corrected chi connectivity index (χ4v) is 7.21. The van der Waals surface area contributed by atoms with Crippen LogP contribution >= 0.6 is 0 Å². The number of alkyl carbamates (subject to hydrolysis) is 1. The van der Waals surface area contributed by atoms with Gasteiger partial charge in [-0.25, -0.2) is 9.59 Å². The van der Waals surface area contributed by atoms with Gasteiger partial charge in [0.25, 0.3) is 0 Å². The summed E-state index contributed by atoms with van der Waals surface area (Å²) in [4.78, 5) is 53.2. The van der Waals surface area contributed by atoms with Gasteiger partial charge in [0.1, 0.15) is 19.3 Å². The van der Waals surface area contributed by atoms with E-state index in [-0.39, 0.29) is 50.9 Å². The largest absolute Gasteiger partial charge is 0.462 e. The number of hydrogen-bond acceptors (Lipinski definition) is 7. The van der Waals surface area contributed by atoms with Crippen LogP contribution in [0.15, 0.2) is 104 Å². The highest BCUT2D eigenvalue weighted by molar-refractivity contribution is 5.87. The maximum atomic E-state index is 13.6. The van der Waals surface area contributed by atoms with Gasteiger partial charge < -0.3 is 30.5 Å². The Morgan fingerprint density at radius 2 is 1.48 bits per heavy atom. The molecule has 3 aromatic carbocycles. The molecule has 1 fully saturated rings. The molecule has 0 radical (unpaired) electrons. The normalized spacial score (nSPS) is 15.9. The van der Waals surface area contributed by atoms with Crippen LogP contribution < -0.4 is 16.0 Å². The maximum Gasteiger partial charge on any atom is 0.407 e. The number of hydrogen-bond donors (Lipinski definition) is 4. The molecule has 3 amide bonds. The minimum atomic E-state index is -1.02. The number of carbonyl (C=O) groups excluding carboxylic acids is 4. The minimum Gasteiger partial charge on any atom is -0.462 e. The first kappa shape index (κ1) is 38.0. The summed E-state index contributed by atoms with van der Waals surface area (Å²) in [6.07, 6.45) is 6.56. The number of fused-ring (bicyclic) bond motifs is 3. The Hall–Kier alpha value is -5.22. The number of carbonyl (C=O) groups is 4. The first-order chi connectivity index (χ1) is 25.3. The van der Waals surface area contributed by atoms with Gasteiger partial charge in [-0.1, -0.05) is 104 Å². The zero-order valence-corrected chi connectivity index (χ0v) is 29.6. The second kappa shape index (κ2) is 18.3. The third-order valence-corrected chi connectivity index (χ3v) is 10.0. The molecule has 4 N–H and O–H groups in total. The van der Waals surface area contributed by atoms with Gasteiger partial charge in [0, 0.05) is 12.3 Å². The molecule has 1 saturated carbocycles. The molecule has 0 bridgehead atoms. The molecule has 0 aromatic heterocycles. The van der Waals surface area contributed by atoms with Gasteiger partial charge in [-0.05, 0) is 59.9 Å². The van der Waals surface area contributed by atoms with Gasteiger partial charge in [-0.3, -0.25) is 9.59 Å². The number of esters is 1. The zero-order valence-electron chi connectivity index (χ0n) is 29.6. The number of ether oxygens (including phenoxy) is 2. The molecule has 0 saturated heterocycles. The number of rotatable bonds is 18. The van der Waals surface area contributed by atoms with Crippen molar-refractivity contribution in [3.05, 3.63) is 121 Å². The highest BCUT2D eigenvalue weighted by Crippen LogP contribution is 2.44. The molecule has 0 unspecified atom stereocenters. The van der Waals surface area contributed by atoms with Crippen molar-refractivity contribution in [2.45, 2.75) is 74.9 Å². The van der Waals surface area contributed by atoms with Crippen LogP contribution in [0, 0.1) is 5.92 Å². The standard InChI is InChI=1S/C42H49N3O7/c1-3-5-22-36(44-41(50)52-26-35-33-20-11-9-18-31(33)32-19-10-12-21-34(32)35)40(49)51-27-37(29-16-7-6-8-17-29)43-39(48)30(15-4-2)25-38(47)45-42(28-46)23-13-14-24-42/h3-4,6-12,16-21,30,35-37,46H,1-2,5,13-15,22-28H2,(H,43,48)(H,44,50)(H,45,47)/t30-,36+,37-/m1/s1. The minimum absolute atomic E-state index is 0.0887. The lowest BCUT2D eigenvalue weighted by molar-refractivity contribution is -0.147. The van der Waals surface area contributed by atoms with Gasteiger partial charge in [-0.2, -0.15) is 0 Å². The number of aliphatic hydroxyl groups excluding tert-OH is 1. The van der Waals surface area contributed by atoms with E-state index in [9.17, 15) is 24.3 Å². The van der Waals surface area contributed by atoms with E-state index in [1.807, 2.05) is 66.7 Å². The van der Waals surface area contributed by atoms with Crippen molar-refractivity contribution in [3.8, 4) is 11.1 Å². The van der Waals surface area contributed by atoms with E-state index in [0.717, 1.165) is 35.1 Å². The van der Waals surface area contributed by atoms with E-state index < -0.39 is 41.5 Å². The van der Waals surface area contributed by atoms with Crippen molar-refractivity contribution in [2.75, 3.05) is 19.8 Å². The van der Waals surface area contributed by atoms with E-state index in [4.69, 9.17) is 9.47 Å². The summed E-state index contributed by atoms with van der Waals surface area (Å²) >= 11 is 0. The number of aliphatic hydroxyl groups is 1. The van der Waals surface area contributed by atoms with Crippen molar-refractivity contribution in [2.24, 2.45) is 5.92 Å². The monoisotopic (exact) mass is 707 g/mol. The van der Waals surface area contributed by atoms with E-state index >= 15 is 0 Å². The SMILES string of the molecule is C=CCC[C@H](NC(=O)OCC1c2ccccc2-c2ccccc21)C(=O)OC[C@@H](NC(=O)[C@H](CC=C)CC(=O)NC1(CO)CCCC1)c1ccccc1. The summed E-state index contributed by atoms with van der Waals surface area (Å²) in [7, 11) is 0. The summed E-state index contributed by atoms with van der Waals surface area (Å²) in [5.74, 6) is -2.26. The van der Waals surface area contributed by atoms with Gasteiger partial charge in [0.15, 0.2) is 0 Å². The van der Waals surface area contributed by atoms with Crippen LogP contribution in [0.2, 0.25) is 0 Å². The predicted molar refractivity (Wildman–Crippen MR) is 199 cm³/mol. The molecule has 3 atom stereocenters. The number of amides is 3. The van der Waals surface area contributed by atoms with Crippen LogP contribution in [0.1, 0.15) is 80.0 Å². The third-order valence-electron chi connectivity index (χ3n) is 10.0. The van der Waals surface area contributed by atoms with Crippen LogP contribution in [-0.4, -0.2) is 60.4 Å². The Balaban J connectivity index is 1.21. The fraction of sp³-hybridized carbons (Fsp3) is 0.381. The fourth-order valence-electron chi connectivity index (χ4n) is 7.21. The van der Waals surface area contributed by atoms with Crippen LogP contribution in [0.25, 0.3) is 11.1 Å². The molecule has 2 aliphatic carbocycles. The Bertz CT molecular complexity index is 1670. The smallest absolute Gasteiger partial charge is 0.407 e. The molecule has 3 aromatic rings. The van der Waals surface area contributed by atoms with E-state index in [2.05, 4.69) is 41.2 Å². The molecule has 52 heavy (non-hydrogen) atoms. The van der Waals surface area contributed by atoms with Crippen molar-refractivity contribution in [1.29, 1.82) is 0 Å². The lowest BCUT2D eigenvalue weighted by atomic mass is 9.95. The third kappa shape index (κ3) is 9.55. The summed E-state index contributed by atoms with van der Waals surface area (Å²) in [5.41, 5.74) is 4.42. The second-order valence-electron chi connectivity index (χ2n) is 13.6. The molecule has 0 spiro atoms. The molecule has 0 aliphatic heterocycles. The van der Waals surface area contributed by atoms with Crippen LogP contribution in [0.5, 0.6) is 0 Å². The predicted octanol–water partition coefficient (Wildman–Crippen LogP) is 6.26. The van der Waals surface area contributed by atoms with Crippen molar-refractivity contribution >= 4 is 23.9 Å². The van der Waals surface area contributed by atoms with Crippen molar-refractivity contribution < 1.29 is 33.8 Å². The van der Waals surface area contributed by atoms with E-state index in [1.165, 1.54) is 0 Å². The summed E-state index contributed by atoms with van der Waals surface area (Å²) in [5, 5.41) is 18.6. The van der Waals surface area contributed by atoms with Crippen LogP contribution in [0.3, 0.4) is 0 Å². The van der Waals surface area contributed by atoms with E-state index in [1.54, 1.807) is 12.2 Å². The average Bonchev–Trinajstić information content (AvgIpc) is 3.76. The summed E-state index contributed by atoms with van der Waals surface area (Å²) in [6.45, 7) is 7.24. The first-order valence-corrected chi connectivity index (χ1v) is 18.0. The number of nitrogens with one attached hydrogen (secondary N) is 3. The lowest BCUT2D eigenvalue weighted by Crippen LogP contribution is -2.50. The summed E-state index contributed by atoms with van der Waals surface area (Å²) in [6, 6.07) is 23.4. The first-order valence-electron chi connectivity index (χ1n) is 18.0. The van der Waals surface area contributed by atoms with Gasteiger partial charge in [0.05, 0.1) is 24.1 Å². The Labute approximate surface area is 305 Å². The second-order valence-corrected chi connectivity index (χ2v) is 13.6. The summed E-state index contributed by atoms with van der Waals surface area (Å²) < 4.78 is 11.4. The number of allylic oxidation sites excluding steroid dienone is 2. The molecular weight excluding hydrogens is 658 g/mol. The quantitative estimate of drug-likeness (QED) is 0.0903. The highest BCUT2D eigenvalue weighted by Gasteiger charge is 2.36. The topological polar surface area (TPSA) is 143 Å². The molecule has 2 aliphatic rings. The van der Waals surface area contributed by atoms with E-state index in [0.29, 0.717) is 24.8 Å². The lowest BCUT2D eigenvalue weighted by Gasteiger charge is -2.29. The molecule has 10 heteroatoms. The molecule has 10 nitrogen and oxygen atoms in total. The number of benzene rings is 3. The Morgan fingerprint density at radius 1 is 0.846 bits per heavy atom.